The molecule has 1 aliphatic rings. The van der Waals surface area contributed by atoms with Crippen LogP contribution in [0.15, 0.2) is 53.2 Å². The largest absolute Gasteiger partial charge is 0.496 e. The number of fused-ring (bicyclic) bond motifs is 1. The molecule has 0 radical (unpaired) electrons. The molecule has 1 saturated heterocycles. The number of carbonyl (C=O) groups is 1. The number of hydrogen-bond acceptors (Lipinski definition) is 3. The van der Waals surface area contributed by atoms with Crippen LogP contribution in [0.4, 0.5) is 0 Å². The van der Waals surface area contributed by atoms with Crippen molar-refractivity contribution in [3.63, 3.8) is 0 Å². The molecule has 4 heteroatoms. The van der Waals surface area contributed by atoms with E-state index in [2.05, 4.69) is 44.2 Å². The molecule has 4 nitrogen and oxygen atoms in total. The highest BCUT2D eigenvalue weighted by atomic mass is 16.5. The number of benzene rings is 2. The molecule has 2 aromatic carbocycles. The first-order chi connectivity index (χ1) is 15.0. The molecule has 4 rings (SSSR count). The lowest BCUT2D eigenvalue weighted by Gasteiger charge is -2.34. The predicted molar refractivity (Wildman–Crippen MR) is 126 cm³/mol. The van der Waals surface area contributed by atoms with Crippen LogP contribution < -0.4 is 4.74 Å². The molecule has 1 amide bonds. The molecular weight excluding hydrogens is 386 g/mol. The van der Waals surface area contributed by atoms with Gasteiger partial charge in [-0.05, 0) is 56.7 Å². The van der Waals surface area contributed by atoms with Crippen molar-refractivity contribution in [3.05, 3.63) is 59.9 Å². The van der Waals surface area contributed by atoms with Crippen LogP contribution in [0.25, 0.3) is 27.7 Å². The van der Waals surface area contributed by atoms with Crippen molar-refractivity contribution in [1.29, 1.82) is 0 Å². The van der Waals surface area contributed by atoms with Gasteiger partial charge in [-0.25, -0.2) is 0 Å². The third kappa shape index (κ3) is 4.25. The molecule has 0 bridgehead atoms. The van der Waals surface area contributed by atoms with E-state index in [1.807, 2.05) is 17.9 Å². The number of allylic oxidation sites excluding steroid dienone is 1. The maximum absolute atomic E-state index is 13.1. The summed E-state index contributed by atoms with van der Waals surface area (Å²) in [5.74, 6) is 0.807. The lowest BCUT2D eigenvalue weighted by atomic mass is 9.97. The molecule has 0 saturated carbocycles. The number of ether oxygens (including phenoxy) is 1. The van der Waals surface area contributed by atoms with Crippen molar-refractivity contribution < 1.29 is 13.9 Å². The molecule has 0 spiro atoms. The van der Waals surface area contributed by atoms with Gasteiger partial charge in [-0.2, -0.15) is 0 Å². The standard InChI is InChI=1S/C27H31NO3/c1-5-21-8-6-7-13-28(21)27(29)14-19(3)22-15-23-24(20-11-9-18(2)10-12-20)17-31-26(23)16-25(22)30-4/h9-12,14-17,21H,5-8,13H2,1-4H3/b19-14+. The first-order valence-electron chi connectivity index (χ1n) is 11.2. The zero-order valence-electron chi connectivity index (χ0n) is 18.9. The fourth-order valence-corrected chi connectivity index (χ4v) is 4.55. The monoisotopic (exact) mass is 417 g/mol. The molecule has 2 heterocycles. The second-order valence-electron chi connectivity index (χ2n) is 8.48. The Morgan fingerprint density at radius 1 is 1.23 bits per heavy atom. The topological polar surface area (TPSA) is 42.7 Å². The van der Waals surface area contributed by atoms with Gasteiger partial charge in [0.1, 0.15) is 11.3 Å². The second kappa shape index (κ2) is 9.01. The van der Waals surface area contributed by atoms with E-state index in [4.69, 9.17) is 9.15 Å². The van der Waals surface area contributed by atoms with Crippen molar-refractivity contribution in [3.8, 4) is 16.9 Å². The number of aryl methyl sites for hydroxylation is 1. The van der Waals surface area contributed by atoms with Gasteiger partial charge in [0.05, 0.1) is 13.4 Å². The Morgan fingerprint density at radius 3 is 2.71 bits per heavy atom. The molecule has 1 aliphatic heterocycles. The summed E-state index contributed by atoms with van der Waals surface area (Å²) in [4.78, 5) is 15.1. The zero-order chi connectivity index (χ0) is 22.0. The van der Waals surface area contributed by atoms with Gasteiger partial charge in [-0.1, -0.05) is 36.8 Å². The number of carbonyl (C=O) groups excluding carboxylic acids is 1. The number of hydrogen-bond donors (Lipinski definition) is 0. The normalized spacial score (nSPS) is 17.2. The van der Waals surface area contributed by atoms with Crippen LogP contribution in [0.5, 0.6) is 5.75 Å². The number of nitrogens with zero attached hydrogens (tertiary/aromatic N) is 1. The average Bonchev–Trinajstić information content (AvgIpc) is 3.21. The maximum Gasteiger partial charge on any atom is 0.247 e. The third-order valence-corrected chi connectivity index (χ3v) is 6.40. The summed E-state index contributed by atoms with van der Waals surface area (Å²) in [5, 5.41) is 1.02. The van der Waals surface area contributed by atoms with Gasteiger partial charge >= 0.3 is 0 Å². The van der Waals surface area contributed by atoms with Crippen molar-refractivity contribution in [1.82, 2.24) is 4.90 Å². The summed E-state index contributed by atoms with van der Waals surface area (Å²) in [6.45, 7) is 7.07. The molecule has 0 N–H and O–H groups in total. The molecule has 162 valence electrons. The minimum absolute atomic E-state index is 0.0946. The summed E-state index contributed by atoms with van der Waals surface area (Å²) >= 11 is 0. The van der Waals surface area contributed by atoms with Gasteiger partial charge in [0.15, 0.2) is 0 Å². The van der Waals surface area contributed by atoms with E-state index in [-0.39, 0.29) is 5.91 Å². The Labute approximate surface area is 184 Å². The number of amides is 1. The van der Waals surface area contributed by atoms with E-state index < -0.39 is 0 Å². The number of likely N-dealkylation sites (tertiary alicyclic amines) is 1. The van der Waals surface area contributed by atoms with Crippen LogP contribution in [0, 0.1) is 6.92 Å². The summed E-state index contributed by atoms with van der Waals surface area (Å²) < 4.78 is 11.5. The number of furan rings is 1. The van der Waals surface area contributed by atoms with Gasteiger partial charge in [0.25, 0.3) is 0 Å². The van der Waals surface area contributed by atoms with E-state index in [1.54, 1.807) is 19.4 Å². The highest BCUT2D eigenvalue weighted by molar-refractivity contribution is 6.00. The summed E-state index contributed by atoms with van der Waals surface area (Å²) in [6.07, 6.45) is 7.95. The molecule has 1 unspecified atom stereocenters. The molecule has 1 aromatic heterocycles. The first kappa shape index (κ1) is 21.2. The minimum atomic E-state index is 0.0946. The average molecular weight is 418 g/mol. The zero-order valence-corrected chi connectivity index (χ0v) is 18.9. The predicted octanol–water partition coefficient (Wildman–Crippen LogP) is 6.61. The molecule has 0 aliphatic carbocycles. The van der Waals surface area contributed by atoms with Crippen LogP contribution in [0.1, 0.15) is 50.7 Å². The molecule has 1 atom stereocenters. The van der Waals surface area contributed by atoms with Gasteiger partial charge in [-0.15, -0.1) is 0 Å². The fraction of sp³-hybridized carbons (Fsp3) is 0.370. The fourth-order valence-electron chi connectivity index (χ4n) is 4.55. The van der Waals surface area contributed by atoms with E-state index >= 15 is 0 Å². The summed E-state index contributed by atoms with van der Waals surface area (Å²) in [7, 11) is 1.65. The number of methoxy groups -OCH3 is 1. The van der Waals surface area contributed by atoms with Crippen LogP contribution in [0.2, 0.25) is 0 Å². The van der Waals surface area contributed by atoms with Crippen molar-refractivity contribution in [2.24, 2.45) is 0 Å². The molecule has 31 heavy (non-hydrogen) atoms. The minimum Gasteiger partial charge on any atom is -0.496 e. The summed E-state index contributed by atoms with van der Waals surface area (Å²) in [5.41, 5.74) is 5.97. The van der Waals surface area contributed by atoms with Crippen molar-refractivity contribution >= 4 is 22.4 Å². The lowest BCUT2D eigenvalue weighted by molar-refractivity contribution is -0.129. The van der Waals surface area contributed by atoms with Gasteiger partial charge in [0.2, 0.25) is 5.91 Å². The van der Waals surface area contributed by atoms with Crippen LogP contribution in [-0.4, -0.2) is 30.5 Å². The van der Waals surface area contributed by atoms with Crippen LogP contribution in [-0.2, 0) is 4.79 Å². The molecule has 3 aromatic rings. The van der Waals surface area contributed by atoms with E-state index in [9.17, 15) is 4.79 Å². The highest BCUT2D eigenvalue weighted by Gasteiger charge is 2.24. The third-order valence-electron chi connectivity index (χ3n) is 6.40. The van der Waals surface area contributed by atoms with Gasteiger partial charge < -0.3 is 14.1 Å². The van der Waals surface area contributed by atoms with Gasteiger partial charge in [0, 0.05) is 41.2 Å². The van der Waals surface area contributed by atoms with Crippen molar-refractivity contribution in [2.75, 3.05) is 13.7 Å². The molecule has 1 fully saturated rings. The van der Waals surface area contributed by atoms with E-state index in [0.29, 0.717) is 11.8 Å². The quantitative estimate of drug-likeness (QED) is 0.439. The molecular formula is C27H31NO3. The van der Waals surface area contributed by atoms with Crippen LogP contribution >= 0.6 is 0 Å². The highest BCUT2D eigenvalue weighted by Crippen LogP contribution is 2.37. The van der Waals surface area contributed by atoms with E-state index in [0.717, 1.165) is 59.0 Å². The number of piperidine rings is 1. The van der Waals surface area contributed by atoms with E-state index in [1.165, 1.54) is 12.0 Å². The summed E-state index contributed by atoms with van der Waals surface area (Å²) in [6, 6.07) is 12.8. The van der Waals surface area contributed by atoms with Crippen molar-refractivity contribution in [2.45, 2.75) is 52.5 Å². The lowest BCUT2D eigenvalue weighted by Crippen LogP contribution is -2.42. The Kier molecular flexibility index (Phi) is 6.17. The maximum atomic E-state index is 13.1. The Hall–Kier alpha value is -3.01. The SMILES string of the molecule is CCC1CCCCN1C(=O)/C=C(\C)c1cc2c(-c3ccc(C)cc3)coc2cc1OC. The Bertz CT molecular complexity index is 1110. The van der Waals surface area contributed by atoms with Gasteiger partial charge in [-0.3, -0.25) is 4.79 Å². The van der Waals surface area contributed by atoms with Crippen LogP contribution in [0.3, 0.4) is 0 Å². The Balaban J connectivity index is 1.73. The second-order valence-corrected chi connectivity index (χ2v) is 8.48. The smallest absolute Gasteiger partial charge is 0.247 e. The first-order valence-corrected chi connectivity index (χ1v) is 11.2. The number of rotatable bonds is 5. The Morgan fingerprint density at radius 2 is 2.00 bits per heavy atom.